The smallest absolute Gasteiger partial charge is 0.140 e. The zero-order valence-corrected chi connectivity index (χ0v) is 7.06. The average Bonchev–Trinajstić information content (AvgIpc) is 2.23. The molecule has 2 heterocycles. The Morgan fingerprint density at radius 2 is 2.33 bits per heavy atom. The molecule has 2 aliphatic rings. The van der Waals surface area contributed by atoms with E-state index in [9.17, 15) is 5.11 Å². The molecule has 68 valence electrons. The largest absolute Gasteiger partial charge is 0.393 e. The van der Waals surface area contributed by atoms with Crippen molar-refractivity contribution in [3.05, 3.63) is 0 Å². The molecule has 2 bridgehead atoms. The van der Waals surface area contributed by atoms with Gasteiger partial charge in [-0.05, 0) is 0 Å². The van der Waals surface area contributed by atoms with Crippen molar-refractivity contribution in [2.45, 2.75) is 17.7 Å². The summed E-state index contributed by atoms with van der Waals surface area (Å²) in [6.07, 6.45) is -0.578. The van der Waals surface area contributed by atoms with Gasteiger partial charge in [0.05, 0.1) is 25.9 Å². The van der Waals surface area contributed by atoms with Crippen LogP contribution in [0.3, 0.4) is 0 Å². The second-order valence-electron chi connectivity index (χ2n) is 3.67. The SMILES string of the molecule is BC1O[C@@]2(CO)COC[C@H]1C2O. The van der Waals surface area contributed by atoms with E-state index < -0.39 is 11.7 Å². The van der Waals surface area contributed by atoms with Gasteiger partial charge in [-0.3, -0.25) is 0 Å². The lowest BCUT2D eigenvalue weighted by Gasteiger charge is -2.34. The van der Waals surface area contributed by atoms with Crippen molar-refractivity contribution in [1.82, 2.24) is 0 Å². The van der Waals surface area contributed by atoms with Crippen molar-refractivity contribution in [2.75, 3.05) is 19.8 Å². The lowest BCUT2D eigenvalue weighted by Crippen LogP contribution is -2.52. The first kappa shape index (κ1) is 8.50. The predicted molar refractivity (Wildman–Crippen MR) is 43.5 cm³/mol. The molecule has 0 aromatic heterocycles. The lowest BCUT2D eigenvalue weighted by molar-refractivity contribution is -0.153. The Labute approximate surface area is 71.9 Å². The zero-order valence-electron chi connectivity index (χ0n) is 7.06. The van der Waals surface area contributed by atoms with Gasteiger partial charge in [0.1, 0.15) is 13.4 Å². The van der Waals surface area contributed by atoms with Crippen LogP contribution < -0.4 is 0 Å². The summed E-state index contributed by atoms with van der Waals surface area (Å²) in [5.41, 5.74) is -0.845. The Kier molecular flexibility index (Phi) is 1.91. The maximum absolute atomic E-state index is 9.76. The van der Waals surface area contributed by atoms with E-state index in [4.69, 9.17) is 14.6 Å². The fourth-order valence-electron chi connectivity index (χ4n) is 2.06. The predicted octanol–water partition coefficient (Wildman–Crippen LogP) is -2.29. The van der Waals surface area contributed by atoms with Gasteiger partial charge >= 0.3 is 0 Å². The molecule has 0 radical (unpaired) electrons. The summed E-state index contributed by atoms with van der Waals surface area (Å²) in [5.74, 6) is 0.0194. The molecule has 0 aliphatic carbocycles. The van der Waals surface area contributed by atoms with E-state index in [1.165, 1.54) is 0 Å². The van der Waals surface area contributed by atoms with Crippen LogP contribution in [-0.4, -0.2) is 55.6 Å². The minimum Gasteiger partial charge on any atom is -0.393 e. The molecule has 2 N–H and O–H groups in total. The summed E-state index contributed by atoms with van der Waals surface area (Å²) in [6, 6.07) is -0.0188. The molecule has 2 fully saturated rings. The lowest BCUT2D eigenvalue weighted by atomic mass is 9.81. The number of rotatable bonds is 1. The van der Waals surface area contributed by atoms with Gasteiger partial charge in [0.2, 0.25) is 0 Å². The van der Waals surface area contributed by atoms with Crippen LogP contribution in [0.15, 0.2) is 0 Å². The summed E-state index contributed by atoms with van der Waals surface area (Å²) >= 11 is 0. The fraction of sp³-hybridized carbons (Fsp3) is 1.00. The Morgan fingerprint density at radius 1 is 1.58 bits per heavy atom. The second kappa shape index (κ2) is 2.70. The van der Waals surface area contributed by atoms with E-state index in [-0.39, 0.29) is 18.5 Å². The average molecular weight is 172 g/mol. The van der Waals surface area contributed by atoms with Gasteiger partial charge in [-0.25, -0.2) is 0 Å². The van der Waals surface area contributed by atoms with Gasteiger partial charge in [0.15, 0.2) is 0 Å². The van der Waals surface area contributed by atoms with Gasteiger partial charge in [-0.2, -0.15) is 0 Å². The molecule has 4 nitrogen and oxygen atoms in total. The molecular weight excluding hydrogens is 159 g/mol. The van der Waals surface area contributed by atoms with E-state index >= 15 is 0 Å². The monoisotopic (exact) mass is 172 g/mol. The van der Waals surface area contributed by atoms with Crippen molar-refractivity contribution in [2.24, 2.45) is 5.92 Å². The van der Waals surface area contributed by atoms with Crippen molar-refractivity contribution in [1.29, 1.82) is 0 Å². The van der Waals surface area contributed by atoms with E-state index in [1.807, 2.05) is 7.85 Å². The molecule has 0 spiro atoms. The normalized spacial score (nSPS) is 52.7. The molecule has 2 saturated heterocycles. The molecule has 0 saturated carbocycles. The highest BCUT2D eigenvalue weighted by Crippen LogP contribution is 2.38. The Morgan fingerprint density at radius 3 is 2.92 bits per heavy atom. The highest BCUT2D eigenvalue weighted by molar-refractivity contribution is 6.11. The molecule has 0 aromatic rings. The van der Waals surface area contributed by atoms with Crippen LogP contribution in [-0.2, 0) is 9.47 Å². The van der Waals surface area contributed by atoms with E-state index in [2.05, 4.69) is 0 Å². The van der Waals surface area contributed by atoms with Crippen LogP contribution >= 0.6 is 0 Å². The first-order chi connectivity index (χ1) is 5.69. The van der Waals surface area contributed by atoms with Gasteiger partial charge < -0.3 is 19.7 Å². The number of hydrogen-bond acceptors (Lipinski definition) is 4. The Bertz CT molecular complexity index is 188. The van der Waals surface area contributed by atoms with Crippen molar-refractivity contribution in [3.63, 3.8) is 0 Å². The number of hydrogen-bond donors (Lipinski definition) is 2. The molecule has 2 rings (SSSR count). The minimum atomic E-state index is -0.845. The third-order valence-electron chi connectivity index (χ3n) is 2.89. The van der Waals surface area contributed by atoms with Crippen LogP contribution in [0.25, 0.3) is 0 Å². The third kappa shape index (κ3) is 0.940. The number of fused-ring (bicyclic) bond motifs is 2. The van der Waals surface area contributed by atoms with Gasteiger partial charge in [-0.15, -0.1) is 0 Å². The highest BCUT2D eigenvalue weighted by Gasteiger charge is 2.55. The molecule has 12 heavy (non-hydrogen) atoms. The van der Waals surface area contributed by atoms with E-state index in [0.717, 1.165) is 0 Å². The summed E-state index contributed by atoms with van der Waals surface area (Å²) < 4.78 is 10.8. The van der Waals surface area contributed by atoms with Gasteiger partial charge in [-0.1, -0.05) is 0 Å². The minimum absolute atomic E-state index is 0.0188. The topological polar surface area (TPSA) is 58.9 Å². The molecule has 5 heteroatoms. The third-order valence-corrected chi connectivity index (χ3v) is 2.89. The molecule has 0 amide bonds. The summed E-state index contributed by atoms with van der Waals surface area (Å²) in [5, 5.41) is 18.9. The maximum Gasteiger partial charge on any atom is 0.140 e. The standard InChI is InChI=1S/C7H13BO4/c8-6-4-1-11-3-7(2-9,12-6)5(4)10/h4-6,9-10H,1-3,8H2/t4-,5?,6?,7-/m0/s1. The molecule has 4 atom stereocenters. The quantitative estimate of drug-likeness (QED) is 0.437. The fourth-order valence-corrected chi connectivity index (χ4v) is 2.06. The second-order valence-corrected chi connectivity index (χ2v) is 3.67. The number of aliphatic hydroxyl groups excluding tert-OH is 2. The first-order valence-electron chi connectivity index (χ1n) is 4.24. The van der Waals surface area contributed by atoms with Crippen molar-refractivity contribution < 1.29 is 19.7 Å². The Hall–Kier alpha value is -0.0951. The first-order valence-corrected chi connectivity index (χ1v) is 4.24. The highest BCUT2D eigenvalue weighted by atomic mass is 16.6. The van der Waals surface area contributed by atoms with Crippen LogP contribution in [0.1, 0.15) is 0 Å². The van der Waals surface area contributed by atoms with Gasteiger partial charge in [0.25, 0.3) is 0 Å². The van der Waals surface area contributed by atoms with Crippen LogP contribution in [0.2, 0.25) is 0 Å². The molecule has 2 unspecified atom stereocenters. The van der Waals surface area contributed by atoms with Gasteiger partial charge in [0, 0.05) is 11.9 Å². The van der Waals surface area contributed by atoms with Crippen LogP contribution in [0.5, 0.6) is 0 Å². The number of aliphatic hydroxyl groups is 2. The van der Waals surface area contributed by atoms with E-state index in [0.29, 0.717) is 13.2 Å². The summed E-state index contributed by atoms with van der Waals surface area (Å²) in [6.45, 7) is 0.657. The van der Waals surface area contributed by atoms with Crippen molar-refractivity contribution in [3.8, 4) is 0 Å². The zero-order chi connectivity index (χ0) is 8.77. The molecular formula is C7H13BO4. The van der Waals surface area contributed by atoms with Crippen molar-refractivity contribution >= 4 is 7.85 Å². The molecule has 2 aliphatic heterocycles. The number of ether oxygens (including phenoxy) is 2. The Balaban J connectivity index is 2.24. The summed E-state index contributed by atoms with van der Waals surface area (Å²) in [7, 11) is 1.90. The van der Waals surface area contributed by atoms with Crippen LogP contribution in [0.4, 0.5) is 0 Å². The van der Waals surface area contributed by atoms with Crippen LogP contribution in [0, 0.1) is 5.92 Å². The maximum atomic E-state index is 9.76. The molecule has 0 aromatic carbocycles. The van der Waals surface area contributed by atoms with E-state index in [1.54, 1.807) is 0 Å². The summed E-state index contributed by atoms with van der Waals surface area (Å²) in [4.78, 5) is 0.